The number of nitrogens with zero attached hydrogens (tertiary/aromatic N) is 1. The highest BCUT2D eigenvalue weighted by Gasteiger charge is 2.41. The lowest BCUT2D eigenvalue weighted by atomic mass is 9.83. The number of nitrogens with one attached hydrogen (secondary N) is 1. The van der Waals surface area contributed by atoms with Gasteiger partial charge in [0.15, 0.2) is 0 Å². The van der Waals surface area contributed by atoms with Gasteiger partial charge in [0.1, 0.15) is 0 Å². The summed E-state index contributed by atoms with van der Waals surface area (Å²) in [6.45, 7) is 6.18. The van der Waals surface area contributed by atoms with Crippen molar-refractivity contribution >= 4 is 10.0 Å². The number of rotatable bonds is 7. The Morgan fingerprint density at radius 3 is 2.50 bits per heavy atom. The summed E-state index contributed by atoms with van der Waals surface area (Å²) in [6, 6.07) is 3.24. The standard InChI is InChI=1S/C23H36N2O4S/c1-4-30(27,28)24-21-12-9-18-8-5-15(2)23(26)25(18)22(21)14-29-19-10-6-17(7-11-19)20-13-16(20)3/h5,8,16-17,19-22,24H,4,6-7,9-14H2,1-3H3/t16-,17?,19?,20-,21?,22?/m0/s1. The third kappa shape index (κ3) is 4.68. The van der Waals surface area contributed by atoms with Gasteiger partial charge in [-0.2, -0.15) is 0 Å². The topological polar surface area (TPSA) is 77.4 Å². The highest BCUT2D eigenvalue weighted by molar-refractivity contribution is 7.89. The van der Waals surface area contributed by atoms with Gasteiger partial charge in [0.05, 0.1) is 24.5 Å². The predicted octanol–water partition coefficient (Wildman–Crippen LogP) is 3.18. The molecule has 168 valence electrons. The number of pyridine rings is 1. The molecule has 2 unspecified atom stereocenters. The van der Waals surface area contributed by atoms with Gasteiger partial charge in [0, 0.05) is 17.3 Å². The molecule has 1 N–H and O–H groups in total. The lowest BCUT2D eigenvalue weighted by molar-refractivity contribution is -0.00875. The van der Waals surface area contributed by atoms with Crippen LogP contribution in [0.15, 0.2) is 16.9 Å². The lowest BCUT2D eigenvalue weighted by Crippen LogP contribution is -2.50. The molecule has 30 heavy (non-hydrogen) atoms. The summed E-state index contributed by atoms with van der Waals surface area (Å²) in [6.07, 6.45) is 7.57. The van der Waals surface area contributed by atoms with Crippen LogP contribution in [0.2, 0.25) is 0 Å². The fourth-order valence-corrected chi connectivity index (χ4v) is 6.41. The van der Waals surface area contributed by atoms with Gasteiger partial charge in [0.2, 0.25) is 10.0 Å². The molecule has 1 aromatic rings. The molecular formula is C23H36N2O4S. The lowest BCUT2D eigenvalue weighted by Gasteiger charge is -2.37. The van der Waals surface area contributed by atoms with Crippen LogP contribution in [0.4, 0.5) is 0 Å². The van der Waals surface area contributed by atoms with Crippen LogP contribution >= 0.6 is 0 Å². The molecule has 3 aliphatic rings. The molecule has 2 fully saturated rings. The second-order valence-corrected chi connectivity index (χ2v) is 11.7. The van der Waals surface area contributed by atoms with E-state index in [1.54, 1.807) is 11.5 Å². The number of hydrogen-bond acceptors (Lipinski definition) is 4. The molecule has 0 aromatic carbocycles. The van der Waals surface area contributed by atoms with E-state index in [9.17, 15) is 13.2 Å². The number of fused-ring (bicyclic) bond motifs is 1. The van der Waals surface area contributed by atoms with Crippen LogP contribution in [0.5, 0.6) is 0 Å². The first-order valence-corrected chi connectivity index (χ1v) is 13.3. The molecule has 0 spiro atoms. The molecule has 1 aromatic heterocycles. The van der Waals surface area contributed by atoms with Crippen molar-refractivity contribution in [2.45, 2.75) is 83.9 Å². The Morgan fingerprint density at radius 2 is 1.87 bits per heavy atom. The minimum atomic E-state index is -3.36. The van der Waals surface area contributed by atoms with Crippen LogP contribution < -0.4 is 10.3 Å². The van der Waals surface area contributed by atoms with Crippen molar-refractivity contribution in [2.75, 3.05) is 12.4 Å². The van der Waals surface area contributed by atoms with Gasteiger partial charge < -0.3 is 9.30 Å². The van der Waals surface area contributed by atoms with E-state index in [2.05, 4.69) is 11.6 Å². The summed E-state index contributed by atoms with van der Waals surface area (Å²) in [5.41, 5.74) is 1.62. The van der Waals surface area contributed by atoms with Crippen LogP contribution in [0.3, 0.4) is 0 Å². The van der Waals surface area contributed by atoms with Crippen LogP contribution in [0, 0.1) is 24.7 Å². The summed E-state index contributed by atoms with van der Waals surface area (Å²) < 4.78 is 35.5. The Hall–Kier alpha value is -1.18. The summed E-state index contributed by atoms with van der Waals surface area (Å²) in [7, 11) is -3.36. The van der Waals surface area contributed by atoms with Crippen molar-refractivity contribution in [1.82, 2.24) is 9.29 Å². The zero-order chi connectivity index (χ0) is 21.5. The van der Waals surface area contributed by atoms with E-state index in [4.69, 9.17) is 4.74 Å². The molecule has 7 heteroatoms. The predicted molar refractivity (Wildman–Crippen MR) is 118 cm³/mol. The maximum absolute atomic E-state index is 12.9. The van der Waals surface area contributed by atoms with Crippen molar-refractivity contribution < 1.29 is 13.2 Å². The van der Waals surface area contributed by atoms with E-state index < -0.39 is 10.0 Å². The van der Waals surface area contributed by atoms with Crippen molar-refractivity contribution in [3.63, 3.8) is 0 Å². The molecule has 4 rings (SSSR count). The number of hydrogen-bond donors (Lipinski definition) is 1. The molecule has 0 saturated heterocycles. The second kappa shape index (κ2) is 8.75. The highest BCUT2D eigenvalue weighted by atomic mass is 32.2. The maximum atomic E-state index is 12.9. The van der Waals surface area contributed by atoms with E-state index in [-0.39, 0.29) is 29.5 Å². The molecular weight excluding hydrogens is 400 g/mol. The first kappa shape index (κ1) is 22.0. The normalized spacial score (nSPS) is 33.8. The van der Waals surface area contributed by atoms with E-state index in [1.807, 2.05) is 19.1 Å². The van der Waals surface area contributed by atoms with Crippen molar-refractivity contribution in [2.24, 2.45) is 17.8 Å². The monoisotopic (exact) mass is 436 g/mol. The molecule has 0 bridgehead atoms. The number of aromatic nitrogens is 1. The molecule has 0 amide bonds. The zero-order valence-electron chi connectivity index (χ0n) is 18.5. The van der Waals surface area contributed by atoms with Gasteiger partial charge in [-0.25, -0.2) is 13.1 Å². The van der Waals surface area contributed by atoms with Crippen LogP contribution in [-0.4, -0.2) is 37.5 Å². The molecule has 2 saturated carbocycles. The zero-order valence-corrected chi connectivity index (χ0v) is 19.3. The summed E-state index contributed by atoms with van der Waals surface area (Å²) in [5, 5.41) is 0. The highest BCUT2D eigenvalue weighted by Crippen LogP contribution is 2.49. The Balaban J connectivity index is 1.48. The molecule has 0 radical (unpaired) electrons. The fourth-order valence-electron chi connectivity index (χ4n) is 5.50. The van der Waals surface area contributed by atoms with Crippen LogP contribution in [0.1, 0.15) is 69.7 Å². The quantitative estimate of drug-likeness (QED) is 0.712. The first-order chi connectivity index (χ1) is 14.3. The Morgan fingerprint density at radius 1 is 1.17 bits per heavy atom. The van der Waals surface area contributed by atoms with Gasteiger partial charge in [-0.1, -0.05) is 13.0 Å². The largest absolute Gasteiger partial charge is 0.376 e. The summed E-state index contributed by atoms with van der Waals surface area (Å²) >= 11 is 0. The van der Waals surface area contributed by atoms with Crippen molar-refractivity contribution in [3.8, 4) is 0 Å². The average molecular weight is 437 g/mol. The fraction of sp³-hybridized carbons (Fsp3) is 0.783. The van der Waals surface area contributed by atoms with E-state index in [0.717, 1.165) is 36.3 Å². The van der Waals surface area contributed by atoms with E-state index >= 15 is 0 Å². The van der Waals surface area contributed by atoms with Crippen LogP contribution in [-0.2, 0) is 21.2 Å². The van der Waals surface area contributed by atoms with E-state index in [0.29, 0.717) is 25.0 Å². The number of ether oxygens (including phenoxy) is 1. The van der Waals surface area contributed by atoms with Gasteiger partial charge >= 0.3 is 0 Å². The minimum absolute atomic E-state index is 0.0343. The van der Waals surface area contributed by atoms with Crippen molar-refractivity contribution in [1.29, 1.82) is 0 Å². The first-order valence-electron chi connectivity index (χ1n) is 11.6. The molecule has 1 aliphatic heterocycles. The average Bonchev–Trinajstić information content (AvgIpc) is 3.46. The summed E-state index contributed by atoms with van der Waals surface area (Å²) in [5.74, 6) is 2.71. The smallest absolute Gasteiger partial charge is 0.254 e. The van der Waals surface area contributed by atoms with E-state index in [1.165, 1.54) is 19.3 Å². The Bertz CT molecular complexity index is 918. The third-order valence-corrected chi connectivity index (χ3v) is 9.03. The Labute approximate surface area is 180 Å². The third-order valence-electron chi connectivity index (χ3n) is 7.61. The van der Waals surface area contributed by atoms with Gasteiger partial charge in [-0.3, -0.25) is 4.79 Å². The minimum Gasteiger partial charge on any atom is -0.376 e. The summed E-state index contributed by atoms with van der Waals surface area (Å²) in [4.78, 5) is 12.9. The number of sulfonamides is 1. The second-order valence-electron chi connectivity index (χ2n) is 9.66. The van der Waals surface area contributed by atoms with Gasteiger partial charge in [0.25, 0.3) is 5.56 Å². The molecule has 4 atom stereocenters. The Kier molecular flexibility index (Phi) is 6.43. The van der Waals surface area contributed by atoms with Gasteiger partial charge in [-0.05, 0) is 82.6 Å². The molecule has 6 nitrogen and oxygen atoms in total. The maximum Gasteiger partial charge on any atom is 0.254 e. The number of aryl methyl sites for hydroxylation is 2. The SMILES string of the molecule is CCS(=O)(=O)NC1CCc2ccc(C)c(=O)n2C1COC1CCC([C@H]2C[C@@H]2C)CC1. The van der Waals surface area contributed by atoms with Crippen LogP contribution in [0.25, 0.3) is 0 Å². The van der Waals surface area contributed by atoms with Gasteiger partial charge in [-0.15, -0.1) is 0 Å². The molecule has 2 heterocycles. The van der Waals surface area contributed by atoms with Crippen molar-refractivity contribution in [3.05, 3.63) is 33.7 Å². The molecule has 2 aliphatic carbocycles.